The largest absolute Gasteiger partial charge is 0.461 e. The van der Waals surface area contributed by atoms with Crippen LogP contribution in [-0.4, -0.2) is 16.9 Å². The Morgan fingerprint density at radius 3 is 2.53 bits per heavy atom. The van der Waals surface area contributed by atoms with E-state index in [-0.39, 0.29) is 16.9 Å². The van der Waals surface area contributed by atoms with Gasteiger partial charge in [-0.1, -0.05) is 40.2 Å². The Morgan fingerprint density at radius 1 is 1.33 bits per heavy atom. The molecule has 0 aromatic heterocycles. The summed E-state index contributed by atoms with van der Waals surface area (Å²) in [5.41, 5.74) is 2.64. The number of carbonyl (C=O) groups excluding carboxylic acids is 1. The summed E-state index contributed by atoms with van der Waals surface area (Å²) in [4.78, 5) is 11.2. The van der Waals surface area contributed by atoms with Gasteiger partial charge in [-0.05, 0) is 17.5 Å². The lowest BCUT2D eigenvalue weighted by atomic mass is 9.90. The second-order valence-electron chi connectivity index (χ2n) is 3.84. The fourth-order valence-electron chi connectivity index (χ4n) is 1.97. The van der Waals surface area contributed by atoms with E-state index in [0.29, 0.717) is 0 Å². The lowest BCUT2D eigenvalue weighted by Crippen LogP contribution is -2.34. The summed E-state index contributed by atoms with van der Waals surface area (Å²) in [6.45, 7) is 1.46. The zero-order valence-electron chi connectivity index (χ0n) is 8.57. The molecule has 2 atom stereocenters. The number of ether oxygens (including phenoxy) is 1. The Morgan fingerprint density at radius 2 is 1.93 bits per heavy atom. The molecular weight excluding hydrogens is 256 g/mol. The third kappa shape index (κ3) is 2.40. The van der Waals surface area contributed by atoms with Crippen LogP contribution in [0.2, 0.25) is 0 Å². The summed E-state index contributed by atoms with van der Waals surface area (Å²) >= 11 is 3.58. The molecule has 0 bridgehead atoms. The molecule has 0 unspecified atom stereocenters. The molecule has 0 radical (unpaired) electrons. The summed E-state index contributed by atoms with van der Waals surface area (Å²) in [5.74, 6) is -0.205. The molecule has 3 heteroatoms. The maximum absolute atomic E-state index is 10.9. The number of hydrogen-bond acceptors (Lipinski definition) is 2. The van der Waals surface area contributed by atoms with Gasteiger partial charge in [-0.25, -0.2) is 0 Å². The van der Waals surface area contributed by atoms with Crippen LogP contribution < -0.4 is 0 Å². The van der Waals surface area contributed by atoms with Crippen molar-refractivity contribution in [2.45, 2.75) is 30.7 Å². The minimum Gasteiger partial charge on any atom is -0.461 e. The van der Waals surface area contributed by atoms with Crippen molar-refractivity contribution in [2.24, 2.45) is 0 Å². The quantitative estimate of drug-likeness (QED) is 0.578. The maximum Gasteiger partial charge on any atom is 0.302 e. The normalized spacial score (nSPS) is 24.4. The topological polar surface area (TPSA) is 26.3 Å². The van der Waals surface area contributed by atoms with Crippen LogP contribution in [0, 0.1) is 0 Å². The summed E-state index contributed by atoms with van der Waals surface area (Å²) in [6.07, 6.45) is 1.71. The molecule has 0 amide bonds. The number of benzene rings is 1. The lowest BCUT2D eigenvalue weighted by Gasteiger charge is -2.28. The van der Waals surface area contributed by atoms with Gasteiger partial charge in [-0.3, -0.25) is 4.79 Å². The van der Waals surface area contributed by atoms with Crippen LogP contribution in [0.25, 0.3) is 0 Å². The van der Waals surface area contributed by atoms with Gasteiger partial charge < -0.3 is 4.74 Å². The predicted molar refractivity (Wildman–Crippen MR) is 62.1 cm³/mol. The molecular formula is C12H13BrO2. The van der Waals surface area contributed by atoms with E-state index >= 15 is 0 Å². The summed E-state index contributed by atoms with van der Waals surface area (Å²) in [6, 6.07) is 8.31. The molecule has 2 nitrogen and oxygen atoms in total. The number of alkyl halides is 1. The number of carbonyl (C=O) groups is 1. The van der Waals surface area contributed by atoms with Crippen molar-refractivity contribution in [3.63, 3.8) is 0 Å². The van der Waals surface area contributed by atoms with Gasteiger partial charge in [0.05, 0.1) is 4.83 Å². The molecule has 0 saturated heterocycles. The number of halogens is 1. The highest BCUT2D eigenvalue weighted by molar-refractivity contribution is 9.09. The molecule has 1 aliphatic rings. The van der Waals surface area contributed by atoms with Crippen molar-refractivity contribution < 1.29 is 9.53 Å². The SMILES string of the molecule is CC(=O)O[C@@H]1Cc2ccccc2C[C@H]1Br. The zero-order valence-corrected chi connectivity index (χ0v) is 10.2. The average Bonchev–Trinajstić information content (AvgIpc) is 2.18. The van der Waals surface area contributed by atoms with Gasteiger partial charge in [0.1, 0.15) is 6.10 Å². The standard InChI is InChI=1S/C12H13BrO2/c1-8(14)15-12-7-10-5-3-2-4-9(10)6-11(12)13/h2-5,11-12H,6-7H2,1H3/t11-,12-/m1/s1. The molecule has 0 spiro atoms. The number of rotatable bonds is 1. The van der Waals surface area contributed by atoms with E-state index in [4.69, 9.17) is 4.74 Å². The monoisotopic (exact) mass is 268 g/mol. The van der Waals surface area contributed by atoms with E-state index in [0.717, 1.165) is 12.8 Å². The van der Waals surface area contributed by atoms with Crippen LogP contribution in [0.15, 0.2) is 24.3 Å². The fourth-order valence-corrected chi connectivity index (χ4v) is 2.61. The third-order valence-corrected chi connectivity index (χ3v) is 3.59. The van der Waals surface area contributed by atoms with E-state index in [9.17, 15) is 4.79 Å². The van der Waals surface area contributed by atoms with Gasteiger partial charge in [0.15, 0.2) is 0 Å². The van der Waals surface area contributed by atoms with Crippen molar-refractivity contribution >= 4 is 21.9 Å². The van der Waals surface area contributed by atoms with E-state index < -0.39 is 0 Å². The molecule has 2 rings (SSSR count). The van der Waals surface area contributed by atoms with Gasteiger partial charge in [-0.2, -0.15) is 0 Å². The van der Waals surface area contributed by atoms with Crippen molar-refractivity contribution in [1.82, 2.24) is 0 Å². The van der Waals surface area contributed by atoms with E-state index in [1.54, 1.807) is 0 Å². The van der Waals surface area contributed by atoms with E-state index in [1.165, 1.54) is 18.1 Å². The first kappa shape index (κ1) is 10.7. The van der Waals surface area contributed by atoms with Crippen LogP contribution in [0.3, 0.4) is 0 Å². The smallest absolute Gasteiger partial charge is 0.302 e. The summed E-state index contributed by atoms with van der Waals surface area (Å²) < 4.78 is 5.27. The predicted octanol–water partition coefficient (Wildman–Crippen LogP) is 2.48. The number of hydrogen-bond donors (Lipinski definition) is 0. The first-order valence-electron chi connectivity index (χ1n) is 5.05. The summed E-state index contributed by atoms with van der Waals surface area (Å²) in [5, 5.41) is 0. The Labute approximate surface area is 97.8 Å². The van der Waals surface area contributed by atoms with Crippen LogP contribution >= 0.6 is 15.9 Å². The third-order valence-electron chi connectivity index (χ3n) is 2.68. The second-order valence-corrected chi connectivity index (χ2v) is 5.02. The maximum atomic E-state index is 10.9. The molecule has 1 aromatic carbocycles. The first-order chi connectivity index (χ1) is 7.16. The molecule has 15 heavy (non-hydrogen) atoms. The van der Waals surface area contributed by atoms with Crippen LogP contribution in [0.5, 0.6) is 0 Å². The Kier molecular flexibility index (Phi) is 3.10. The fraction of sp³-hybridized carbons (Fsp3) is 0.417. The van der Waals surface area contributed by atoms with Crippen molar-refractivity contribution in [1.29, 1.82) is 0 Å². The highest BCUT2D eigenvalue weighted by Crippen LogP contribution is 2.27. The molecule has 0 saturated carbocycles. The lowest BCUT2D eigenvalue weighted by molar-refractivity contribution is -0.146. The molecule has 0 fully saturated rings. The number of esters is 1. The van der Waals surface area contributed by atoms with Crippen LogP contribution in [0.1, 0.15) is 18.1 Å². The van der Waals surface area contributed by atoms with E-state index in [1.807, 2.05) is 12.1 Å². The van der Waals surface area contributed by atoms with Gasteiger partial charge in [0.25, 0.3) is 0 Å². The minimum atomic E-state index is -0.205. The Balaban J connectivity index is 2.18. The average molecular weight is 269 g/mol. The first-order valence-corrected chi connectivity index (χ1v) is 5.96. The van der Waals surface area contributed by atoms with Gasteiger partial charge in [0.2, 0.25) is 0 Å². The van der Waals surface area contributed by atoms with Crippen molar-refractivity contribution in [2.75, 3.05) is 0 Å². The Hall–Kier alpha value is -0.830. The number of fused-ring (bicyclic) bond motifs is 1. The van der Waals surface area contributed by atoms with E-state index in [2.05, 4.69) is 28.1 Å². The van der Waals surface area contributed by atoms with Gasteiger partial charge >= 0.3 is 5.97 Å². The van der Waals surface area contributed by atoms with Crippen LogP contribution in [0.4, 0.5) is 0 Å². The van der Waals surface area contributed by atoms with Gasteiger partial charge in [-0.15, -0.1) is 0 Å². The van der Waals surface area contributed by atoms with Crippen molar-refractivity contribution in [3.05, 3.63) is 35.4 Å². The van der Waals surface area contributed by atoms with Crippen molar-refractivity contribution in [3.8, 4) is 0 Å². The molecule has 80 valence electrons. The molecule has 0 aliphatic heterocycles. The van der Waals surface area contributed by atoms with Gasteiger partial charge in [0, 0.05) is 13.3 Å². The minimum absolute atomic E-state index is 0.0302. The Bertz CT molecular complexity index is 376. The summed E-state index contributed by atoms with van der Waals surface area (Å²) in [7, 11) is 0. The highest BCUT2D eigenvalue weighted by Gasteiger charge is 2.28. The second kappa shape index (κ2) is 4.35. The van der Waals surface area contributed by atoms with Crippen LogP contribution in [-0.2, 0) is 22.4 Å². The highest BCUT2D eigenvalue weighted by atomic mass is 79.9. The molecule has 0 N–H and O–H groups in total. The molecule has 1 aliphatic carbocycles. The molecule has 1 aromatic rings. The molecule has 0 heterocycles. The zero-order chi connectivity index (χ0) is 10.8.